The van der Waals surface area contributed by atoms with Gasteiger partial charge in [0.1, 0.15) is 11.6 Å². The molecule has 2 aromatic carbocycles. The van der Waals surface area contributed by atoms with Gasteiger partial charge in [-0.05, 0) is 43.5 Å². The fourth-order valence-electron chi connectivity index (χ4n) is 3.95. The molecule has 0 saturated heterocycles. The fraction of sp³-hybridized carbons (Fsp3) is 0.292. The lowest BCUT2D eigenvalue weighted by Gasteiger charge is -2.16. The molecular formula is C24H24F2N4O2. The molecule has 2 heterocycles. The van der Waals surface area contributed by atoms with Gasteiger partial charge in [-0.15, -0.1) is 0 Å². The van der Waals surface area contributed by atoms with Crippen molar-refractivity contribution in [2.24, 2.45) is 5.92 Å². The Morgan fingerprint density at radius 3 is 2.34 bits per heavy atom. The number of hydrogen-bond donors (Lipinski definition) is 0. The van der Waals surface area contributed by atoms with E-state index < -0.39 is 22.9 Å². The molecular weight excluding hydrogens is 414 g/mol. The number of nitrogens with zero attached hydrogens (tertiary/aromatic N) is 4. The lowest BCUT2D eigenvalue weighted by atomic mass is 10.1. The van der Waals surface area contributed by atoms with Gasteiger partial charge < -0.3 is 4.57 Å². The summed E-state index contributed by atoms with van der Waals surface area (Å²) < 4.78 is 32.5. The summed E-state index contributed by atoms with van der Waals surface area (Å²) >= 11 is 0. The van der Waals surface area contributed by atoms with E-state index in [2.05, 4.69) is 4.98 Å². The van der Waals surface area contributed by atoms with Gasteiger partial charge in [-0.1, -0.05) is 37.6 Å². The van der Waals surface area contributed by atoms with Gasteiger partial charge in [-0.2, -0.15) is 0 Å². The zero-order chi connectivity index (χ0) is 23.2. The Morgan fingerprint density at radius 2 is 1.72 bits per heavy atom. The minimum Gasteiger partial charge on any atom is -0.320 e. The smallest absolute Gasteiger partial charge is 0.320 e. The van der Waals surface area contributed by atoms with Gasteiger partial charge in [0.05, 0.1) is 18.6 Å². The van der Waals surface area contributed by atoms with Crippen molar-refractivity contribution in [3.8, 4) is 5.69 Å². The van der Waals surface area contributed by atoms with Crippen LogP contribution in [0, 0.1) is 31.4 Å². The van der Waals surface area contributed by atoms with Crippen molar-refractivity contribution in [3.05, 3.63) is 91.9 Å². The van der Waals surface area contributed by atoms with Crippen LogP contribution in [-0.2, 0) is 13.1 Å². The van der Waals surface area contributed by atoms with Crippen LogP contribution >= 0.6 is 0 Å². The maximum atomic E-state index is 14.3. The number of halogens is 2. The van der Waals surface area contributed by atoms with Crippen molar-refractivity contribution in [2.45, 2.75) is 40.8 Å². The molecule has 166 valence electrons. The number of fused-ring (bicyclic) bond motifs is 1. The molecule has 0 aliphatic heterocycles. The topological polar surface area (TPSA) is 61.8 Å². The van der Waals surface area contributed by atoms with Gasteiger partial charge >= 0.3 is 5.69 Å². The van der Waals surface area contributed by atoms with Crippen LogP contribution in [0.15, 0.2) is 52.3 Å². The molecule has 32 heavy (non-hydrogen) atoms. The van der Waals surface area contributed by atoms with Crippen LogP contribution in [0.25, 0.3) is 16.9 Å². The van der Waals surface area contributed by atoms with Crippen LogP contribution in [-0.4, -0.2) is 18.7 Å². The third-order valence-electron chi connectivity index (χ3n) is 5.43. The van der Waals surface area contributed by atoms with E-state index in [1.54, 1.807) is 0 Å². The highest BCUT2D eigenvalue weighted by Gasteiger charge is 2.21. The Labute approximate surface area is 183 Å². The summed E-state index contributed by atoms with van der Waals surface area (Å²) in [7, 11) is 0. The summed E-state index contributed by atoms with van der Waals surface area (Å²) in [6, 6.07) is 9.25. The Bertz CT molecular complexity index is 1430. The molecule has 0 spiro atoms. The Hall–Kier alpha value is -3.55. The van der Waals surface area contributed by atoms with Gasteiger partial charge in [0, 0.05) is 12.1 Å². The van der Waals surface area contributed by atoms with Crippen molar-refractivity contribution in [3.63, 3.8) is 0 Å². The molecule has 4 aromatic rings. The molecule has 0 unspecified atom stereocenters. The van der Waals surface area contributed by atoms with Crippen LogP contribution < -0.4 is 11.2 Å². The van der Waals surface area contributed by atoms with Crippen LogP contribution in [0.3, 0.4) is 0 Å². The van der Waals surface area contributed by atoms with E-state index in [-0.39, 0.29) is 35.7 Å². The quantitative estimate of drug-likeness (QED) is 0.474. The second kappa shape index (κ2) is 8.18. The molecule has 0 saturated carbocycles. The summed E-state index contributed by atoms with van der Waals surface area (Å²) in [5.41, 5.74) is 1.55. The molecule has 8 heteroatoms. The third-order valence-corrected chi connectivity index (χ3v) is 5.43. The highest BCUT2D eigenvalue weighted by molar-refractivity contribution is 5.73. The number of benzene rings is 2. The fourth-order valence-corrected chi connectivity index (χ4v) is 3.95. The van der Waals surface area contributed by atoms with Crippen molar-refractivity contribution in [1.82, 2.24) is 18.7 Å². The maximum Gasteiger partial charge on any atom is 0.337 e. The molecule has 0 atom stereocenters. The van der Waals surface area contributed by atoms with Crippen LogP contribution in [0.4, 0.5) is 8.78 Å². The molecule has 0 aliphatic rings. The standard InChI is InChI=1S/C24H24F2N4O2/c1-14(2)11-29-23(31)21-22(30(24(29)32)20-9-8-15(3)10-16(20)4)27-13-28(21)12-17-18(25)6-5-7-19(17)26/h5-10,13-14H,11-12H2,1-4H3. The van der Waals surface area contributed by atoms with E-state index in [1.165, 1.54) is 38.2 Å². The molecule has 0 fully saturated rings. The van der Waals surface area contributed by atoms with Crippen LogP contribution in [0.1, 0.15) is 30.5 Å². The maximum absolute atomic E-state index is 14.3. The predicted octanol–water partition coefficient (Wildman–Crippen LogP) is 3.95. The molecule has 0 N–H and O–H groups in total. The predicted molar refractivity (Wildman–Crippen MR) is 119 cm³/mol. The first-order chi connectivity index (χ1) is 15.2. The first-order valence-electron chi connectivity index (χ1n) is 10.4. The average Bonchev–Trinajstić information content (AvgIpc) is 3.13. The summed E-state index contributed by atoms with van der Waals surface area (Å²) in [6.07, 6.45) is 1.34. The van der Waals surface area contributed by atoms with Crippen LogP contribution in [0.5, 0.6) is 0 Å². The zero-order valence-electron chi connectivity index (χ0n) is 18.4. The Balaban J connectivity index is 2.05. The lowest BCUT2D eigenvalue weighted by molar-refractivity contribution is 0.488. The zero-order valence-corrected chi connectivity index (χ0v) is 18.4. The van der Waals surface area contributed by atoms with Crippen molar-refractivity contribution in [2.75, 3.05) is 0 Å². The van der Waals surface area contributed by atoms with E-state index in [0.717, 1.165) is 11.1 Å². The van der Waals surface area contributed by atoms with E-state index in [1.807, 2.05) is 45.9 Å². The molecule has 4 rings (SSSR count). The Kier molecular flexibility index (Phi) is 5.54. The van der Waals surface area contributed by atoms with Crippen LogP contribution in [0.2, 0.25) is 0 Å². The van der Waals surface area contributed by atoms with Gasteiger partial charge in [0.15, 0.2) is 11.2 Å². The summed E-state index contributed by atoms with van der Waals surface area (Å²) in [5, 5.41) is 0. The monoisotopic (exact) mass is 438 g/mol. The number of aryl methyl sites for hydroxylation is 2. The number of hydrogen-bond acceptors (Lipinski definition) is 3. The second-order valence-electron chi connectivity index (χ2n) is 8.46. The van der Waals surface area contributed by atoms with Crippen molar-refractivity contribution >= 4 is 11.2 Å². The van der Waals surface area contributed by atoms with E-state index in [4.69, 9.17) is 0 Å². The first-order valence-corrected chi connectivity index (χ1v) is 10.4. The van der Waals surface area contributed by atoms with E-state index in [9.17, 15) is 18.4 Å². The SMILES string of the molecule is Cc1ccc(-n2c(=O)n(CC(C)C)c(=O)c3c2ncn3Cc2c(F)cccc2F)c(C)c1. The first kappa shape index (κ1) is 21.7. The van der Waals surface area contributed by atoms with E-state index >= 15 is 0 Å². The molecule has 0 amide bonds. The number of aromatic nitrogens is 4. The minimum atomic E-state index is -0.711. The highest BCUT2D eigenvalue weighted by Crippen LogP contribution is 2.20. The highest BCUT2D eigenvalue weighted by atomic mass is 19.1. The summed E-state index contributed by atoms with van der Waals surface area (Å²) in [4.78, 5) is 31.1. The second-order valence-corrected chi connectivity index (χ2v) is 8.46. The van der Waals surface area contributed by atoms with Gasteiger partial charge in [0.2, 0.25) is 0 Å². The van der Waals surface area contributed by atoms with Gasteiger partial charge in [-0.25, -0.2) is 23.1 Å². The molecule has 0 bridgehead atoms. The number of rotatable bonds is 5. The number of imidazole rings is 1. The molecule has 2 aromatic heterocycles. The molecule has 0 radical (unpaired) electrons. The summed E-state index contributed by atoms with van der Waals surface area (Å²) in [5.74, 6) is -1.39. The van der Waals surface area contributed by atoms with Gasteiger partial charge in [0.25, 0.3) is 5.56 Å². The normalized spacial score (nSPS) is 11.6. The van der Waals surface area contributed by atoms with Gasteiger partial charge in [-0.3, -0.25) is 9.36 Å². The van der Waals surface area contributed by atoms with Crippen molar-refractivity contribution in [1.29, 1.82) is 0 Å². The van der Waals surface area contributed by atoms with E-state index in [0.29, 0.717) is 5.69 Å². The molecule has 0 aliphatic carbocycles. The molecule has 6 nitrogen and oxygen atoms in total. The Morgan fingerprint density at radius 1 is 1.03 bits per heavy atom. The third kappa shape index (κ3) is 3.66. The average molecular weight is 438 g/mol. The largest absolute Gasteiger partial charge is 0.337 e. The van der Waals surface area contributed by atoms with Crippen molar-refractivity contribution < 1.29 is 8.78 Å². The minimum absolute atomic E-state index is 0.0331. The lowest BCUT2D eigenvalue weighted by Crippen LogP contribution is -2.41. The summed E-state index contributed by atoms with van der Waals surface area (Å²) in [6.45, 7) is 7.62.